The number of anilines is 1. The Morgan fingerprint density at radius 3 is 2.95 bits per heavy atom. The maximum absolute atomic E-state index is 10.8. The van der Waals surface area contributed by atoms with Gasteiger partial charge in [-0.25, -0.2) is 4.98 Å². The second-order valence-corrected chi connectivity index (χ2v) is 5.09. The van der Waals surface area contributed by atoms with E-state index in [2.05, 4.69) is 10.3 Å². The van der Waals surface area contributed by atoms with Crippen molar-refractivity contribution in [2.24, 2.45) is 0 Å². The molecular weight excluding hydrogens is 270 g/mol. The number of pyridine rings is 1. The van der Waals surface area contributed by atoms with Gasteiger partial charge in [-0.1, -0.05) is 6.42 Å². The summed E-state index contributed by atoms with van der Waals surface area (Å²) in [5.41, 5.74) is -0.374. The fraction of sp³-hybridized carbons (Fsp3) is 0.571. The average molecular weight is 289 g/mol. The third kappa shape index (κ3) is 3.67. The SMILES string of the molecule is CCN(CC1CCCCN1)c1ccc([N+](=O)[O-])c(C#N)n1. The highest BCUT2D eigenvalue weighted by Crippen LogP contribution is 2.21. The molecule has 0 bridgehead atoms. The minimum absolute atomic E-state index is 0.132. The van der Waals surface area contributed by atoms with Crippen molar-refractivity contribution in [1.29, 1.82) is 5.26 Å². The van der Waals surface area contributed by atoms with E-state index in [0.29, 0.717) is 11.9 Å². The number of aromatic nitrogens is 1. The standard InChI is InChI=1S/C14H19N5O2/c1-2-18(10-11-5-3-4-8-16-11)14-7-6-13(19(20)21)12(9-15)17-14/h6-7,11,16H,2-5,8,10H2,1H3. The van der Waals surface area contributed by atoms with Crippen molar-refractivity contribution >= 4 is 11.5 Å². The molecule has 1 aromatic rings. The van der Waals surface area contributed by atoms with Crippen molar-refractivity contribution in [3.63, 3.8) is 0 Å². The number of hydrogen-bond donors (Lipinski definition) is 1. The zero-order valence-electron chi connectivity index (χ0n) is 12.1. The lowest BCUT2D eigenvalue weighted by Crippen LogP contribution is -2.44. The Kier molecular flexibility index (Phi) is 5.06. The maximum atomic E-state index is 10.8. The van der Waals surface area contributed by atoms with E-state index in [1.807, 2.05) is 11.8 Å². The van der Waals surface area contributed by atoms with Gasteiger partial charge < -0.3 is 10.2 Å². The number of rotatable bonds is 5. The topological polar surface area (TPSA) is 95.1 Å². The molecule has 21 heavy (non-hydrogen) atoms. The molecule has 1 aliphatic rings. The van der Waals surface area contributed by atoms with E-state index in [1.54, 1.807) is 12.1 Å². The fourth-order valence-electron chi connectivity index (χ4n) is 2.58. The van der Waals surface area contributed by atoms with Crippen LogP contribution in [0, 0.1) is 21.4 Å². The van der Waals surface area contributed by atoms with Crippen molar-refractivity contribution in [3.05, 3.63) is 27.9 Å². The number of likely N-dealkylation sites (N-methyl/N-ethyl adjacent to an activating group) is 1. The van der Waals surface area contributed by atoms with E-state index in [4.69, 9.17) is 5.26 Å². The van der Waals surface area contributed by atoms with Crippen LogP contribution in [0.25, 0.3) is 0 Å². The lowest BCUT2D eigenvalue weighted by Gasteiger charge is -2.30. The van der Waals surface area contributed by atoms with E-state index in [1.165, 1.54) is 18.9 Å². The first-order valence-electron chi connectivity index (χ1n) is 7.19. The Labute approximate surface area is 123 Å². The molecule has 1 aliphatic heterocycles. The van der Waals surface area contributed by atoms with Gasteiger partial charge in [0.05, 0.1) is 4.92 Å². The van der Waals surface area contributed by atoms with Crippen LogP contribution in [0.4, 0.5) is 11.5 Å². The van der Waals surface area contributed by atoms with Crippen molar-refractivity contribution in [2.45, 2.75) is 32.2 Å². The van der Waals surface area contributed by atoms with E-state index < -0.39 is 4.92 Å². The Hall–Kier alpha value is -2.20. The minimum atomic E-state index is -0.575. The van der Waals surface area contributed by atoms with Gasteiger partial charge in [0.1, 0.15) is 11.9 Å². The first-order chi connectivity index (χ1) is 10.2. The number of piperidine rings is 1. The predicted molar refractivity (Wildman–Crippen MR) is 79.1 cm³/mol. The van der Waals surface area contributed by atoms with Gasteiger partial charge in [-0.2, -0.15) is 5.26 Å². The molecule has 2 heterocycles. The van der Waals surface area contributed by atoms with Crippen LogP contribution in [0.5, 0.6) is 0 Å². The molecular formula is C14H19N5O2. The zero-order chi connectivity index (χ0) is 15.2. The third-order valence-corrected chi connectivity index (χ3v) is 3.72. The molecule has 1 N–H and O–H groups in total. The largest absolute Gasteiger partial charge is 0.355 e. The second-order valence-electron chi connectivity index (χ2n) is 5.09. The van der Waals surface area contributed by atoms with Crippen molar-refractivity contribution in [2.75, 3.05) is 24.5 Å². The van der Waals surface area contributed by atoms with Crippen LogP contribution in [-0.2, 0) is 0 Å². The van der Waals surface area contributed by atoms with Gasteiger partial charge in [0.2, 0.25) is 5.69 Å². The molecule has 1 aromatic heterocycles. The molecule has 0 aliphatic carbocycles. The van der Waals surface area contributed by atoms with Gasteiger partial charge >= 0.3 is 5.69 Å². The normalized spacial score (nSPS) is 18.0. The van der Waals surface area contributed by atoms with Gasteiger partial charge in [-0.05, 0) is 32.4 Å². The molecule has 7 nitrogen and oxygen atoms in total. The Balaban J connectivity index is 2.17. The molecule has 0 spiro atoms. The van der Waals surface area contributed by atoms with Crippen molar-refractivity contribution in [1.82, 2.24) is 10.3 Å². The molecule has 1 unspecified atom stereocenters. The summed E-state index contributed by atoms with van der Waals surface area (Å²) in [6.45, 7) is 4.58. The van der Waals surface area contributed by atoms with Crippen molar-refractivity contribution in [3.8, 4) is 6.07 Å². The summed E-state index contributed by atoms with van der Waals surface area (Å²) < 4.78 is 0. The lowest BCUT2D eigenvalue weighted by molar-refractivity contribution is -0.385. The summed E-state index contributed by atoms with van der Waals surface area (Å²) in [5, 5.41) is 23.3. The number of nitrogens with one attached hydrogen (secondary N) is 1. The number of nitro groups is 1. The van der Waals surface area contributed by atoms with Crippen LogP contribution in [0.15, 0.2) is 12.1 Å². The Morgan fingerprint density at radius 1 is 1.57 bits per heavy atom. The molecule has 1 atom stereocenters. The third-order valence-electron chi connectivity index (χ3n) is 3.72. The van der Waals surface area contributed by atoms with Gasteiger partial charge in [-0.15, -0.1) is 0 Å². The molecule has 0 radical (unpaired) electrons. The zero-order valence-corrected chi connectivity index (χ0v) is 12.1. The number of hydrogen-bond acceptors (Lipinski definition) is 6. The van der Waals surface area contributed by atoms with Gasteiger partial charge in [0.25, 0.3) is 0 Å². The molecule has 0 aromatic carbocycles. The second kappa shape index (κ2) is 6.99. The fourth-order valence-corrected chi connectivity index (χ4v) is 2.58. The predicted octanol–water partition coefficient (Wildman–Crippen LogP) is 1.83. The van der Waals surface area contributed by atoms with E-state index in [0.717, 1.165) is 26.1 Å². The van der Waals surface area contributed by atoms with E-state index in [-0.39, 0.29) is 11.4 Å². The van der Waals surface area contributed by atoms with Crippen molar-refractivity contribution < 1.29 is 4.92 Å². The lowest BCUT2D eigenvalue weighted by atomic mass is 10.0. The summed E-state index contributed by atoms with van der Waals surface area (Å²) in [5.74, 6) is 0.618. The van der Waals surface area contributed by atoms with Gasteiger partial charge in [-0.3, -0.25) is 10.1 Å². The Morgan fingerprint density at radius 2 is 2.38 bits per heavy atom. The smallest absolute Gasteiger partial charge is 0.305 e. The quantitative estimate of drug-likeness (QED) is 0.656. The number of nitrogens with zero attached hydrogens (tertiary/aromatic N) is 4. The average Bonchev–Trinajstić information content (AvgIpc) is 2.52. The monoisotopic (exact) mass is 289 g/mol. The number of nitriles is 1. The highest BCUT2D eigenvalue weighted by atomic mass is 16.6. The molecule has 112 valence electrons. The summed E-state index contributed by atoms with van der Waals surface area (Å²) in [6.07, 6.45) is 3.54. The van der Waals surface area contributed by atoms with Crippen LogP contribution in [0.2, 0.25) is 0 Å². The van der Waals surface area contributed by atoms with Crippen LogP contribution >= 0.6 is 0 Å². The summed E-state index contributed by atoms with van der Waals surface area (Å²) in [4.78, 5) is 16.5. The minimum Gasteiger partial charge on any atom is -0.355 e. The molecule has 2 rings (SSSR count). The van der Waals surface area contributed by atoms with Gasteiger partial charge in [0, 0.05) is 25.2 Å². The van der Waals surface area contributed by atoms with E-state index >= 15 is 0 Å². The summed E-state index contributed by atoms with van der Waals surface area (Å²) >= 11 is 0. The molecule has 7 heteroatoms. The Bertz CT molecular complexity index is 549. The van der Waals surface area contributed by atoms with Gasteiger partial charge in [0.15, 0.2) is 0 Å². The maximum Gasteiger partial charge on any atom is 0.305 e. The first kappa shape index (κ1) is 15.2. The highest BCUT2D eigenvalue weighted by molar-refractivity contribution is 5.51. The van der Waals surface area contributed by atoms with Crippen LogP contribution in [-0.4, -0.2) is 35.6 Å². The van der Waals surface area contributed by atoms with Crippen LogP contribution in [0.3, 0.4) is 0 Å². The summed E-state index contributed by atoms with van der Waals surface area (Å²) in [7, 11) is 0. The summed E-state index contributed by atoms with van der Waals surface area (Å²) in [6, 6.07) is 5.18. The molecule has 1 fully saturated rings. The molecule has 0 amide bonds. The van der Waals surface area contributed by atoms with Crippen LogP contribution < -0.4 is 10.2 Å². The first-order valence-corrected chi connectivity index (χ1v) is 7.19. The van der Waals surface area contributed by atoms with E-state index in [9.17, 15) is 10.1 Å². The highest BCUT2D eigenvalue weighted by Gasteiger charge is 2.20. The molecule has 0 saturated carbocycles. The van der Waals surface area contributed by atoms with Crippen LogP contribution in [0.1, 0.15) is 31.9 Å². The molecule has 1 saturated heterocycles.